The van der Waals surface area contributed by atoms with Crippen molar-refractivity contribution in [3.63, 3.8) is 0 Å². The van der Waals surface area contributed by atoms with Gasteiger partial charge in [-0.05, 0) is 25.5 Å². The first-order valence-corrected chi connectivity index (χ1v) is 7.57. The molecular formula is C15H19ClN4O2. The van der Waals surface area contributed by atoms with Crippen molar-refractivity contribution in [3.05, 3.63) is 40.9 Å². The molecule has 2 N–H and O–H groups in total. The van der Waals surface area contributed by atoms with E-state index in [9.17, 15) is 9.90 Å². The molecule has 0 aliphatic rings. The average Bonchev–Trinajstić information content (AvgIpc) is 2.91. The van der Waals surface area contributed by atoms with Crippen molar-refractivity contribution in [2.24, 2.45) is 0 Å². The van der Waals surface area contributed by atoms with Crippen LogP contribution >= 0.6 is 11.6 Å². The van der Waals surface area contributed by atoms with Crippen LogP contribution in [-0.4, -0.2) is 38.4 Å². The molecule has 118 valence electrons. The van der Waals surface area contributed by atoms with Gasteiger partial charge >= 0.3 is 0 Å². The molecule has 0 radical (unpaired) electrons. The van der Waals surface area contributed by atoms with Gasteiger partial charge in [-0.2, -0.15) is 0 Å². The Morgan fingerprint density at radius 3 is 2.82 bits per heavy atom. The molecule has 0 saturated heterocycles. The molecule has 0 bridgehead atoms. The Labute approximate surface area is 134 Å². The van der Waals surface area contributed by atoms with Crippen LogP contribution in [0.5, 0.6) is 0 Å². The smallest absolute Gasteiger partial charge is 0.290 e. The lowest BCUT2D eigenvalue weighted by molar-refractivity contribution is 0.0935. The van der Waals surface area contributed by atoms with Crippen molar-refractivity contribution in [1.29, 1.82) is 0 Å². The number of carbonyl (C=O) groups is 1. The first-order chi connectivity index (χ1) is 10.5. The van der Waals surface area contributed by atoms with Crippen LogP contribution in [0.15, 0.2) is 24.3 Å². The highest BCUT2D eigenvalue weighted by atomic mass is 35.5. The second-order valence-electron chi connectivity index (χ2n) is 4.96. The highest BCUT2D eigenvalue weighted by Gasteiger charge is 2.17. The Kier molecular flexibility index (Phi) is 5.51. The summed E-state index contributed by atoms with van der Waals surface area (Å²) in [5.74, 6) is 0.400. The van der Waals surface area contributed by atoms with Crippen LogP contribution in [0.25, 0.3) is 5.69 Å². The summed E-state index contributed by atoms with van der Waals surface area (Å²) in [5, 5.41) is 16.7. The predicted octanol–water partition coefficient (Wildman–Crippen LogP) is 1.98. The fourth-order valence-corrected chi connectivity index (χ4v) is 2.18. The first-order valence-electron chi connectivity index (χ1n) is 7.20. The number of para-hydroxylation sites is 1. The molecule has 2 aromatic rings. The van der Waals surface area contributed by atoms with Crippen molar-refractivity contribution in [2.75, 3.05) is 6.54 Å². The number of hydrogen-bond acceptors (Lipinski definition) is 4. The molecule has 22 heavy (non-hydrogen) atoms. The number of benzene rings is 1. The molecule has 0 fully saturated rings. The van der Waals surface area contributed by atoms with Gasteiger partial charge < -0.3 is 10.4 Å². The third kappa shape index (κ3) is 3.84. The van der Waals surface area contributed by atoms with Gasteiger partial charge in [0.2, 0.25) is 5.82 Å². The Balaban J connectivity index is 2.22. The quantitative estimate of drug-likeness (QED) is 0.852. The minimum absolute atomic E-state index is 0.0994. The molecule has 1 heterocycles. The van der Waals surface area contributed by atoms with Crippen molar-refractivity contribution in [2.45, 2.75) is 32.8 Å². The van der Waals surface area contributed by atoms with Crippen LogP contribution in [0.3, 0.4) is 0 Å². The number of halogens is 1. The van der Waals surface area contributed by atoms with Crippen LogP contribution in [0.2, 0.25) is 5.02 Å². The number of aliphatic hydroxyl groups excluding tert-OH is 1. The van der Waals surface area contributed by atoms with Crippen LogP contribution in [-0.2, 0) is 6.42 Å². The molecule has 1 unspecified atom stereocenters. The first kappa shape index (κ1) is 16.5. The molecule has 7 heteroatoms. The van der Waals surface area contributed by atoms with Gasteiger partial charge in [-0.25, -0.2) is 9.67 Å². The minimum atomic E-state index is -0.458. The van der Waals surface area contributed by atoms with Crippen molar-refractivity contribution < 1.29 is 9.90 Å². The molecule has 1 atom stereocenters. The third-order valence-electron chi connectivity index (χ3n) is 3.12. The molecule has 1 aromatic heterocycles. The summed E-state index contributed by atoms with van der Waals surface area (Å²) in [5.41, 5.74) is 0.691. The second-order valence-corrected chi connectivity index (χ2v) is 5.37. The Morgan fingerprint density at radius 1 is 1.45 bits per heavy atom. The van der Waals surface area contributed by atoms with Gasteiger partial charge in [-0.1, -0.05) is 30.7 Å². The van der Waals surface area contributed by atoms with E-state index in [1.54, 1.807) is 17.7 Å². The maximum atomic E-state index is 12.1. The highest BCUT2D eigenvalue weighted by molar-refractivity contribution is 6.32. The second kappa shape index (κ2) is 7.38. The standard InChI is InChI=1S/C15H19ClN4O2/c1-3-13-18-14(15(22)17-9-8-10(2)21)19-20(13)12-7-5-4-6-11(12)16/h4-7,10,21H,3,8-9H2,1-2H3,(H,17,22). The molecule has 6 nitrogen and oxygen atoms in total. The molecule has 0 aliphatic carbocycles. The topological polar surface area (TPSA) is 80.0 Å². The van der Waals surface area contributed by atoms with E-state index in [1.165, 1.54) is 0 Å². The van der Waals surface area contributed by atoms with Gasteiger partial charge in [0.1, 0.15) is 5.82 Å². The number of aromatic nitrogens is 3. The molecule has 0 spiro atoms. The molecule has 2 rings (SSSR count). The summed E-state index contributed by atoms with van der Waals surface area (Å²) < 4.78 is 1.59. The van der Waals surface area contributed by atoms with Crippen LogP contribution in [0.1, 0.15) is 36.7 Å². The number of nitrogens with one attached hydrogen (secondary N) is 1. The maximum Gasteiger partial charge on any atom is 0.290 e. The number of nitrogens with zero attached hydrogens (tertiary/aromatic N) is 3. The largest absolute Gasteiger partial charge is 0.393 e. The number of hydrogen-bond donors (Lipinski definition) is 2. The summed E-state index contributed by atoms with van der Waals surface area (Å²) in [6, 6.07) is 7.27. The summed E-state index contributed by atoms with van der Waals surface area (Å²) >= 11 is 6.18. The normalized spacial score (nSPS) is 12.2. The van der Waals surface area contributed by atoms with Gasteiger partial charge in [0.05, 0.1) is 16.8 Å². The van der Waals surface area contributed by atoms with E-state index in [2.05, 4.69) is 15.4 Å². The minimum Gasteiger partial charge on any atom is -0.393 e. The lowest BCUT2D eigenvalue weighted by atomic mass is 10.3. The lowest BCUT2D eigenvalue weighted by Crippen LogP contribution is -2.27. The van der Waals surface area contributed by atoms with E-state index in [1.807, 2.05) is 25.1 Å². The van der Waals surface area contributed by atoms with E-state index in [0.29, 0.717) is 35.9 Å². The zero-order chi connectivity index (χ0) is 16.1. The lowest BCUT2D eigenvalue weighted by Gasteiger charge is -2.06. The zero-order valence-corrected chi connectivity index (χ0v) is 13.3. The average molecular weight is 323 g/mol. The van der Waals surface area contributed by atoms with E-state index >= 15 is 0 Å². The monoisotopic (exact) mass is 322 g/mol. The van der Waals surface area contributed by atoms with Crippen LogP contribution in [0, 0.1) is 0 Å². The number of carbonyl (C=O) groups excluding carboxylic acids is 1. The maximum absolute atomic E-state index is 12.1. The zero-order valence-electron chi connectivity index (χ0n) is 12.6. The van der Waals surface area contributed by atoms with E-state index in [0.717, 1.165) is 0 Å². The van der Waals surface area contributed by atoms with E-state index in [-0.39, 0.29) is 11.7 Å². The van der Waals surface area contributed by atoms with Gasteiger partial charge in [-0.15, -0.1) is 5.10 Å². The number of amides is 1. The van der Waals surface area contributed by atoms with Crippen LogP contribution < -0.4 is 5.32 Å². The van der Waals surface area contributed by atoms with E-state index in [4.69, 9.17) is 11.6 Å². The molecule has 0 saturated carbocycles. The summed E-state index contributed by atoms with van der Waals surface area (Å²) in [7, 11) is 0. The SMILES string of the molecule is CCc1nc(C(=O)NCCC(C)O)nn1-c1ccccc1Cl. The molecule has 1 aromatic carbocycles. The molecular weight excluding hydrogens is 304 g/mol. The summed E-state index contributed by atoms with van der Waals surface area (Å²) in [6.07, 6.45) is 0.650. The van der Waals surface area contributed by atoms with E-state index < -0.39 is 6.10 Å². The number of rotatable bonds is 6. The summed E-state index contributed by atoms with van der Waals surface area (Å²) in [4.78, 5) is 16.3. The number of aliphatic hydroxyl groups is 1. The Morgan fingerprint density at radius 2 is 2.18 bits per heavy atom. The third-order valence-corrected chi connectivity index (χ3v) is 3.44. The Hall–Kier alpha value is -1.92. The van der Waals surface area contributed by atoms with Crippen molar-refractivity contribution in [1.82, 2.24) is 20.1 Å². The van der Waals surface area contributed by atoms with Crippen molar-refractivity contribution in [3.8, 4) is 5.69 Å². The number of aryl methyl sites for hydroxylation is 1. The van der Waals surface area contributed by atoms with Gasteiger partial charge in [-0.3, -0.25) is 4.79 Å². The molecule has 0 aliphatic heterocycles. The van der Waals surface area contributed by atoms with Gasteiger partial charge in [0.15, 0.2) is 0 Å². The van der Waals surface area contributed by atoms with Gasteiger partial charge in [0.25, 0.3) is 5.91 Å². The van der Waals surface area contributed by atoms with Gasteiger partial charge in [0, 0.05) is 13.0 Å². The van der Waals surface area contributed by atoms with Crippen molar-refractivity contribution >= 4 is 17.5 Å². The predicted molar refractivity (Wildman–Crippen MR) is 84.4 cm³/mol. The molecule has 1 amide bonds. The fraction of sp³-hybridized carbons (Fsp3) is 0.400. The fourth-order valence-electron chi connectivity index (χ4n) is 1.96. The highest BCUT2D eigenvalue weighted by Crippen LogP contribution is 2.20. The Bertz CT molecular complexity index is 655. The summed E-state index contributed by atoms with van der Waals surface area (Å²) in [6.45, 7) is 3.98. The van der Waals surface area contributed by atoms with Crippen LogP contribution in [0.4, 0.5) is 0 Å².